The Bertz CT molecular complexity index is 849. The molecule has 0 bridgehead atoms. The Morgan fingerprint density at radius 2 is 1.93 bits per heavy atom. The van der Waals surface area contributed by atoms with E-state index in [0.717, 1.165) is 16.4 Å². The second kappa shape index (κ2) is 9.34. The third kappa shape index (κ3) is 4.62. The number of ether oxygens (including phenoxy) is 1. The van der Waals surface area contributed by atoms with Crippen LogP contribution in [0.5, 0.6) is 0 Å². The van der Waals surface area contributed by atoms with Crippen LogP contribution in [0.2, 0.25) is 5.02 Å². The number of thioether (sulfide) groups is 1. The van der Waals surface area contributed by atoms with Crippen LogP contribution in [0, 0.1) is 6.92 Å². The number of rotatable bonds is 5. The maximum absolute atomic E-state index is 12.6. The van der Waals surface area contributed by atoms with Crippen molar-refractivity contribution in [3.63, 3.8) is 0 Å². The SMILES string of the molecule is CCOC(=O)N1CCN(C(=O)CSc2nccn2-c2cccc(Cl)c2C)CC1. The Labute approximate surface area is 173 Å². The first-order chi connectivity index (χ1) is 13.5. The lowest BCUT2D eigenvalue weighted by Crippen LogP contribution is -2.51. The summed E-state index contributed by atoms with van der Waals surface area (Å²) in [6.45, 7) is 6.11. The first kappa shape index (κ1) is 20.5. The zero-order chi connectivity index (χ0) is 20.1. The van der Waals surface area contributed by atoms with Gasteiger partial charge in [0.25, 0.3) is 0 Å². The van der Waals surface area contributed by atoms with E-state index in [1.165, 1.54) is 11.8 Å². The predicted octanol–water partition coefficient (Wildman–Crippen LogP) is 3.23. The number of aromatic nitrogens is 2. The van der Waals surface area contributed by atoms with Crippen molar-refractivity contribution in [1.82, 2.24) is 19.4 Å². The van der Waals surface area contributed by atoms with Gasteiger partial charge in [0.05, 0.1) is 18.0 Å². The molecular weight excluding hydrogens is 400 g/mol. The molecule has 0 saturated carbocycles. The minimum Gasteiger partial charge on any atom is -0.450 e. The van der Waals surface area contributed by atoms with Crippen LogP contribution in [0.25, 0.3) is 5.69 Å². The topological polar surface area (TPSA) is 67.7 Å². The summed E-state index contributed by atoms with van der Waals surface area (Å²) in [5.41, 5.74) is 1.91. The van der Waals surface area contributed by atoms with Gasteiger partial charge in [-0.25, -0.2) is 9.78 Å². The zero-order valence-corrected chi connectivity index (χ0v) is 17.5. The van der Waals surface area contributed by atoms with E-state index in [4.69, 9.17) is 16.3 Å². The summed E-state index contributed by atoms with van der Waals surface area (Å²) in [5.74, 6) is 0.321. The van der Waals surface area contributed by atoms with Gasteiger partial charge >= 0.3 is 6.09 Å². The van der Waals surface area contributed by atoms with Crippen LogP contribution in [0.1, 0.15) is 12.5 Å². The number of hydrogen-bond donors (Lipinski definition) is 0. The average Bonchev–Trinajstić information content (AvgIpc) is 3.17. The Morgan fingerprint density at radius 3 is 2.64 bits per heavy atom. The summed E-state index contributed by atoms with van der Waals surface area (Å²) in [6, 6.07) is 5.72. The summed E-state index contributed by atoms with van der Waals surface area (Å²) in [4.78, 5) is 32.1. The Morgan fingerprint density at radius 1 is 1.21 bits per heavy atom. The van der Waals surface area contributed by atoms with Crippen LogP contribution in [0.4, 0.5) is 4.79 Å². The number of halogens is 1. The average molecular weight is 423 g/mol. The molecule has 9 heteroatoms. The molecule has 0 N–H and O–H groups in total. The number of benzene rings is 1. The van der Waals surface area contributed by atoms with Crippen LogP contribution in [-0.4, -0.2) is 69.9 Å². The van der Waals surface area contributed by atoms with Crippen LogP contribution in [0.3, 0.4) is 0 Å². The van der Waals surface area contributed by atoms with E-state index in [1.807, 2.05) is 35.9 Å². The highest BCUT2D eigenvalue weighted by molar-refractivity contribution is 7.99. The summed E-state index contributed by atoms with van der Waals surface area (Å²) >= 11 is 7.62. The van der Waals surface area contributed by atoms with Crippen molar-refractivity contribution in [2.75, 3.05) is 38.5 Å². The first-order valence-electron chi connectivity index (χ1n) is 9.12. The molecule has 0 unspecified atom stereocenters. The van der Waals surface area contributed by atoms with Gasteiger partial charge < -0.3 is 14.5 Å². The third-order valence-electron chi connectivity index (χ3n) is 4.59. The number of amides is 2. The molecule has 0 aliphatic carbocycles. The highest BCUT2D eigenvalue weighted by Gasteiger charge is 2.25. The Balaban J connectivity index is 1.57. The summed E-state index contributed by atoms with van der Waals surface area (Å²) in [7, 11) is 0. The minimum atomic E-state index is -0.317. The quantitative estimate of drug-likeness (QED) is 0.692. The van der Waals surface area contributed by atoms with E-state index in [1.54, 1.807) is 22.9 Å². The molecule has 1 aliphatic heterocycles. The van der Waals surface area contributed by atoms with Crippen molar-refractivity contribution in [3.05, 3.63) is 41.2 Å². The molecule has 2 heterocycles. The molecule has 1 aromatic heterocycles. The van der Waals surface area contributed by atoms with Crippen LogP contribution >= 0.6 is 23.4 Å². The van der Waals surface area contributed by atoms with Gasteiger partial charge in [0, 0.05) is 43.6 Å². The molecule has 1 aromatic carbocycles. The maximum Gasteiger partial charge on any atom is 0.409 e. The monoisotopic (exact) mass is 422 g/mol. The molecule has 28 heavy (non-hydrogen) atoms. The third-order valence-corrected chi connectivity index (χ3v) is 5.95. The van der Waals surface area contributed by atoms with Gasteiger partial charge in [-0.1, -0.05) is 29.4 Å². The van der Waals surface area contributed by atoms with E-state index < -0.39 is 0 Å². The van der Waals surface area contributed by atoms with Crippen molar-refractivity contribution in [2.45, 2.75) is 19.0 Å². The number of carbonyl (C=O) groups is 2. The molecule has 2 amide bonds. The van der Waals surface area contributed by atoms with Crippen LogP contribution < -0.4 is 0 Å². The standard InChI is InChI=1S/C19H23ClN4O3S/c1-3-27-19(26)23-11-9-22(10-12-23)17(25)13-28-18-21-7-8-24(18)16-6-4-5-15(20)14(16)2/h4-8H,3,9-13H2,1-2H3. The Kier molecular flexibility index (Phi) is 6.85. The number of imidazole rings is 1. The number of carbonyl (C=O) groups excluding carboxylic acids is 2. The zero-order valence-electron chi connectivity index (χ0n) is 15.9. The van der Waals surface area contributed by atoms with E-state index in [0.29, 0.717) is 37.8 Å². The fourth-order valence-corrected chi connectivity index (χ4v) is 4.05. The molecular formula is C19H23ClN4O3S. The fraction of sp³-hybridized carbons (Fsp3) is 0.421. The molecule has 2 aromatic rings. The first-order valence-corrected chi connectivity index (χ1v) is 10.5. The maximum atomic E-state index is 12.6. The smallest absolute Gasteiger partial charge is 0.409 e. The number of hydrogen-bond acceptors (Lipinski definition) is 5. The molecule has 1 fully saturated rings. The summed E-state index contributed by atoms with van der Waals surface area (Å²) < 4.78 is 6.95. The van der Waals surface area contributed by atoms with E-state index in [2.05, 4.69) is 4.98 Å². The van der Waals surface area contributed by atoms with Crippen molar-refractivity contribution >= 4 is 35.4 Å². The van der Waals surface area contributed by atoms with E-state index in [9.17, 15) is 9.59 Å². The van der Waals surface area contributed by atoms with Gasteiger partial charge in [0.2, 0.25) is 5.91 Å². The number of piperazine rings is 1. The van der Waals surface area contributed by atoms with Crippen molar-refractivity contribution in [3.8, 4) is 5.69 Å². The van der Waals surface area contributed by atoms with Crippen LogP contribution in [-0.2, 0) is 9.53 Å². The van der Waals surface area contributed by atoms with Gasteiger partial charge in [-0.3, -0.25) is 9.36 Å². The molecule has 0 radical (unpaired) electrons. The lowest BCUT2D eigenvalue weighted by atomic mass is 10.2. The molecule has 3 rings (SSSR count). The molecule has 0 spiro atoms. The van der Waals surface area contributed by atoms with Gasteiger partial charge in [-0.2, -0.15) is 0 Å². The van der Waals surface area contributed by atoms with E-state index in [-0.39, 0.29) is 17.8 Å². The summed E-state index contributed by atoms with van der Waals surface area (Å²) in [6.07, 6.45) is 3.26. The summed E-state index contributed by atoms with van der Waals surface area (Å²) in [5, 5.41) is 1.43. The lowest BCUT2D eigenvalue weighted by molar-refractivity contribution is -0.129. The van der Waals surface area contributed by atoms with Crippen molar-refractivity contribution in [1.29, 1.82) is 0 Å². The highest BCUT2D eigenvalue weighted by Crippen LogP contribution is 2.26. The molecule has 1 saturated heterocycles. The van der Waals surface area contributed by atoms with Gasteiger partial charge in [0.15, 0.2) is 5.16 Å². The van der Waals surface area contributed by atoms with Crippen LogP contribution in [0.15, 0.2) is 35.7 Å². The highest BCUT2D eigenvalue weighted by atomic mass is 35.5. The molecule has 150 valence electrons. The van der Waals surface area contributed by atoms with Crippen molar-refractivity contribution < 1.29 is 14.3 Å². The fourth-order valence-electron chi connectivity index (χ4n) is 3.01. The second-order valence-electron chi connectivity index (χ2n) is 6.32. The van der Waals surface area contributed by atoms with Gasteiger partial charge in [0.1, 0.15) is 0 Å². The predicted molar refractivity (Wildman–Crippen MR) is 109 cm³/mol. The van der Waals surface area contributed by atoms with E-state index >= 15 is 0 Å². The lowest BCUT2D eigenvalue weighted by Gasteiger charge is -2.34. The molecule has 1 aliphatic rings. The Hall–Kier alpha value is -2.19. The second-order valence-corrected chi connectivity index (χ2v) is 7.67. The molecule has 0 atom stereocenters. The molecule has 7 nitrogen and oxygen atoms in total. The van der Waals surface area contributed by atoms with Gasteiger partial charge in [-0.15, -0.1) is 0 Å². The largest absolute Gasteiger partial charge is 0.450 e. The number of nitrogens with zero attached hydrogens (tertiary/aromatic N) is 4. The van der Waals surface area contributed by atoms with Crippen molar-refractivity contribution in [2.24, 2.45) is 0 Å². The minimum absolute atomic E-state index is 0.0332. The normalized spacial score (nSPS) is 14.2. The van der Waals surface area contributed by atoms with Gasteiger partial charge in [-0.05, 0) is 31.5 Å².